The Hall–Kier alpha value is -3.43. The van der Waals surface area contributed by atoms with Crippen LogP contribution in [0.3, 0.4) is 0 Å². The zero-order valence-electron chi connectivity index (χ0n) is 19.6. The summed E-state index contributed by atoms with van der Waals surface area (Å²) in [7, 11) is -3.61. The number of ether oxygens (including phenoxy) is 1. The van der Waals surface area contributed by atoms with Crippen LogP contribution < -0.4 is 4.74 Å². The van der Waals surface area contributed by atoms with E-state index in [9.17, 15) is 26.7 Å². The number of benzene rings is 3. The highest BCUT2D eigenvalue weighted by Crippen LogP contribution is 2.39. The topological polar surface area (TPSA) is 76.5 Å². The Morgan fingerprint density at radius 3 is 2.36 bits per heavy atom. The van der Waals surface area contributed by atoms with Gasteiger partial charge in [0.1, 0.15) is 11.5 Å². The zero-order valence-corrected chi connectivity index (χ0v) is 20.4. The number of aromatic nitrogens is 1. The van der Waals surface area contributed by atoms with Crippen LogP contribution in [0.25, 0.3) is 22.0 Å². The van der Waals surface area contributed by atoms with Crippen LogP contribution in [0.4, 0.5) is 13.2 Å². The van der Waals surface area contributed by atoms with Gasteiger partial charge in [-0.3, -0.25) is 4.98 Å². The van der Waals surface area contributed by atoms with Crippen LogP contribution in [0, 0.1) is 6.92 Å². The number of aliphatic hydroxyl groups excluding tert-OH is 1. The van der Waals surface area contributed by atoms with Gasteiger partial charge in [0.15, 0.2) is 9.84 Å². The lowest BCUT2D eigenvalue weighted by atomic mass is 9.95. The van der Waals surface area contributed by atoms with Crippen LogP contribution in [0.15, 0.2) is 77.8 Å². The molecule has 3 aromatic carbocycles. The highest BCUT2D eigenvalue weighted by Gasteiger charge is 2.33. The van der Waals surface area contributed by atoms with Crippen LogP contribution in [0.1, 0.15) is 24.5 Å². The Balaban J connectivity index is 1.70. The second kappa shape index (κ2) is 9.91. The molecule has 0 saturated carbocycles. The molecular formula is C27H24F3NO4S. The van der Waals surface area contributed by atoms with Gasteiger partial charge in [-0.1, -0.05) is 30.3 Å². The molecule has 1 aromatic heterocycles. The number of hydrogen-bond acceptors (Lipinski definition) is 5. The van der Waals surface area contributed by atoms with E-state index in [2.05, 4.69) is 4.98 Å². The Kier molecular flexibility index (Phi) is 7.06. The standard InChI is InChI=1S/C27H24F3NO4S/c1-17-16-31-26-23(10-5-11-24(26)27(28,29)30)25(17)19-6-3-7-20(14-19)35-21-8-4-9-22(15-21)36(33,34)13-12-18(2)32/h3-11,14-16,18,32H,12-13H2,1-2H3. The van der Waals surface area contributed by atoms with Gasteiger partial charge in [0.05, 0.1) is 27.8 Å². The van der Waals surface area contributed by atoms with Gasteiger partial charge >= 0.3 is 6.18 Å². The number of halogens is 3. The predicted molar refractivity (Wildman–Crippen MR) is 132 cm³/mol. The molecule has 0 aliphatic carbocycles. The van der Waals surface area contributed by atoms with Crippen molar-refractivity contribution in [3.63, 3.8) is 0 Å². The summed E-state index contributed by atoms with van der Waals surface area (Å²) in [6.45, 7) is 3.30. The van der Waals surface area contributed by atoms with Crippen molar-refractivity contribution in [2.45, 2.75) is 37.4 Å². The molecule has 4 rings (SSSR count). The molecule has 36 heavy (non-hydrogen) atoms. The third-order valence-corrected chi connectivity index (χ3v) is 7.47. The van der Waals surface area contributed by atoms with Gasteiger partial charge < -0.3 is 9.84 Å². The number of sulfone groups is 1. The Labute approximate surface area is 207 Å². The lowest BCUT2D eigenvalue weighted by Crippen LogP contribution is -2.12. The van der Waals surface area contributed by atoms with Crippen molar-refractivity contribution in [2.24, 2.45) is 0 Å². The lowest BCUT2D eigenvalue weighted by Gasteiger charge is -2.15. The minimum Gasteiger partial charge on any atom is -0.457 e. The minimum atomic E-state index is -4.54. The summed E-state index contributed by atoms with van der Waals surface area (Å²) in [5.41, 5.74) is 1.00. The molecule has 0 fully saturated rings. The number of fused-ring (bicyclic) bond motifs is 1. The van der Waals surface area contributed by atoms with Crippen LogP contribution in [0.5, 0.6) is 11.5 Å². The Morgan fingerprint density at radius 1 is 1.00 bits per heavy atom. The SMILES string of the molecule is Cc1cnc2c(C(F)(F)F)cccc2c1-c1cccc(Oc2cccc(S(=O)(=O)CCC(C)O)c2)c1. The summed E-state index contributed by atoms with van der Waals surface area (Å²) in [6, 6.07) is 16.9. The number of aliphatic hydroxyl groups is 1. The van der Waals surface area contributed by atoms with Gasteiger partial charge in [-0.25, -0.2) is 8.42 Å². The van der Waals surface area contributed by atoms with Crippen molar-refractivity contribution in [2.75, 3.05) is 5.75 Å². The fraction of sp³-hybridized carbons (Fsp3) is 0.222. The number of para-hydroxylation sites is 1. The summed E-state index contributed by atoms with van der Waals surface area (Å²) in [5, 5.41) is 9.79. The molecule has 0 aliphatic heterocycles. The van der Waals surface area contributed by atoms with Crippen molar-refractivity contribution < 1.29 is 31.4 Å². The Morgan fingerprint density at radius 2 is 1.67 bits per heavy atom. The molecule has 4 aromatic rings. The number of nitrogens with zero attached hydrogens (tertiary/aromatic N) is 1. The monoisotopic (exact) mass is 515 g/mol. The van der Waals surface area contributed by atoms with Crippen molar-refractivity contribution >= 4 is 20.7 Å². The summed E-state index contributed by atoms with van der Waals surface area (Å²) in [4.78, 5) is 4.13. The van der Waals surface area contributed by atoms with Crippen molar-refractivity contribution in [1.82, 2.24) is 4.98 Å². The molecule has 188 valence electrons. The first-order chi connectivity index (χ1) is 17.0. The number of pyridine rings is 1. The van der Waals surface area contributed by atoms with Crippen molar-refractivity contribution in [3.8, 4) is 22.6 Å². The minimum absolute atomic E-state index is 0.0763. The van der Waals surface area contributed by atoms with E-state index < -0.39 is 27.7 Å². The van der Waals surface area contributed by atoms with Crippen LogP contribution >= 0.6 is 0 Å². The van der Waals surface area contributed by atoms with Crippen LogP contribution in [-0.2, 0) is 16.0 Å². The highest BCUT2D eigenvalue weighted by atomic mass is 32.2. The van der Waals surface area contributed by atoms with E-state index in [1.807, 2.05) is 0 Å². The number of hydrogen-bond donors (Lipinski definition) is 1. The molecular weight excluding hydrogens is 491 g/mol. The van der Waals surface area contributed by atoms with E-state index in [1.54, 1.807) is 49.4 Å². The first-order valence-electron chi connectivity index (χ1n) is 11.2. The highest BCUT2D eigenvalue weighted by molar-refractivity contribution is 7.91. The third-order valence-electron chi connectivity index (χ3n) is 5.72. The predicted octanol–water partition coefficient (Wildman–Crippen LogP) is 6.57. The largest absolute Gasteiger partial charge is 0.457 e. The molecule has 0 bridgehead atoms. The fourth-order valence-electron chi connectivity index (χ4n) is 3.96. The molecule has 1 heterocycles. The molecule has 1 N–H and O–H groups in total. The summed E-state index contributed by atoms with van der Waals surface area (Å²) >= 11 is 0. The zero-order chi connectivity index (χ0) is 26.1. The van der Waals surface area contributed by atoms with E-state index in [0.717, 1.165) is 6.07 Å². The molecule has 1 atom stereocenters. The van der Waals surface area contributed by atoms with E-state index in [1.165, 1.54) is 31.3 Å². The maximum atomic E-state index is 13.5. The van der Waals surface area contributed by atoms with Crippen LogP contribution in [-0.4, -0.2) is 30.4 Å². The van der Waals surface area contributed by atoms with Crippen molar-refractivity contribution in [1.29, 1.82) is 0 Å². The lowest BCUT2D eigenvalue weighted by molar-refractivity contribution is -0.136. The molecule has 0 amide bonds. The first kappa shape index (κ1) is 25.7. The maximum absolute atomic E-state index is 13.5. The average Bonchev–Trinajstić information content (AvgIpc) is 2.82. The second-order valence-corrected chi connectivity index (χ2v) is 10.7. The first-order valence-corrected chi connectivity index (χ1v) is 12.9. The van der Waals surface area contributed by atoms with E-state index in [4.69, 9.17) is 4.74 Å². The number of alkyl halides is 3. The van der Waals surface area contributed by atoms with Gasteiger partial charge in [0.25, 0.3) is 0 Å². The normalized spacial score (nSPS) is 13.1. The summed E-state index contributed by atoms with van der Waals surface area (Å²) < 4.78 is 71.7. The van der Waals surface area contributed by atoms with Gasteiger partial charge in [-0.05, 0) is 73.4 Å². The third kappa shape index (κ3) is 5.52. The van der Waals surface area contributed by atoms with Crippen molar-refractivity contribution in [3.05, 3.63) is 84.1 Å². The van der Waals surface area contributed by atoms with E-state index in [0.29, 0.717) is 33.6 Å². The molecule has 0 spiro atoms. The molecule has 1 unspecified atom stereocenters. The quantitative estimate of drug-likeness (QED) is 0.301. The Bertz CT molecular complexity index is 1520. The van der Waals surface area contributed by atoms with E-state index in [-0.39, 0.29) is 22.6 Å². The maximum Gasteiger partial charge on any atom is 0.418 e. The molecule has 0 radical (unpaired) electrons. The molecule has 0 aliphatic rings. The second-order valence-electron chi connectivity index (χ2n) is 8.58. The summed E-state index contributed by atoms with van der Waals surface area (Å²) in [5.74, 6) is 0.487. The summed E-state index contributed by atoms with van der Waals surface area (Å²) in [6.07, 6.45) is -3.74. The van der Waals surface area contributed by atoms with Gasteiger partial charge in [0, 0.05) is 11.6 Å². The van der Waals surface area contributed by atoms with E-state index >= 15 is 0 Å². The number of rotatable bonds is 7. The average molecular weight is 516 g/mol. The van der Waals surface area contributed by atoms with Gasteiger partial charge in [-0.2, -0.15) is 13.2 Å². The molecule has 0 saturated heterocycles. The van der Waals surface area contributed by atoms with Gasteiger partial charge in [-0.15, -0.1) is 0 Å². The van der Waals surface area contributed by atoms with Crippen LogP contribution in [0.2, 0.25) is 0 Å². The molecule has 5 nitrogen and oxygen atoms in total. The smallest absolute Gasteiger partial charge is 0.418 e. The number of aryl methyl sites for hydroxylation is 1. The van der Waals surface area contributed by atoms with Gasteiger partial charge in [0.2, 0.25) is 0 Å². The molecule has 9 heteroatoms. The fourth-order valence-corrected chi connectivity index (χ4v) is 5.43.